The van der Waals surface area contributed by atoms with Gasteiger partial charge in [0.05, 0.1) is 0 Å². The minimum Gasteiger partial charge on any atom is -0.489 e. The lowest BCUT2D eigenvalue weighted by Gasteiger charge is -2.13. The van der Waals surface area contributed by atoms with Gasteiger partial charge < -0.3 is 10.1 Å². The van der Waals surface area contributed by atoms with Gasteiger partial charge in [0.2, 0.25) is 0 Å². The van der Waals surface area contributed by atoms with E-state index in [0.717, 1.165) is 31.7 Å². The number of ether oxygens (including phenoxy) is 1. The third kappa shape index (κ3) is 3.02. The van der Waals surface area contributed by atoms with Crippen LogP contribution in [0.2, 0.25) is 0 Å². The molecule has 0 unspecified atom stereocenters. The zero-order valence-electron chi connectivity index (χ0n) is 12.0. The number of nitrogens with one attached hydrogen (secondary N) is 1. The number of fused-ring (bicyclic) bond motifs is 1. The number of hydrogen-bond donors (Lipinski definition) is 1. The first-order chi connectivity index (χ1) is 9.83. The third-order valence-electron chi connectivity index (χ3n) is 3.88. The van der Waals surface area contributed by atoms with Crippen molar-refractivity contribution in [2.45, 2.75) is 26.4 Å². The van der Waals surface area contributed by atoms with Crippen molar-refractivity contribution in [2.75, 3.05) is 13.1 Å². The standard InChI is InChI=1S/C18H21NO/c1-14-11-16-7-9-19-10-8-17(16)12-18(14)20-13-15-5-3-2-4-6-15/h2-6,11-12,19H,7-10,13H2,1H3. The van der Waals surface area contributed by atoms with Crippen molar-refractivity contribution in [3.05, 3.63) is 64.7 Å². The zero-order valence-corrected chi connectivity index (χ0v) is 12.0. The van der Waals surface area contributed by atoms with Gasteiger partial charge in [-0.05, 0) is 61.2 Å². The first-order valence-electron chi connectivity index (χ1n) is 7.33. The van der Waals surface area contributed by atoms with Gasteiger partial charge in [0, 0.05) is 0 Å². The van der Waals surface area contributed by atoms with Crippen LogP contribution < -0.4 is 10.1 Å². The maximum atomic E-state index is 6.01. The van der Waals surface area contributed by atoms with E-state index < -0.39 is 0 Å². The highest BCUT2D eigenvalue weighted by molar-refractivity contribution is 5.43. The highest BCUT2D eigenvalue weighted by Gasteiger charge is 2.11. The van der Waals surface area contributed by atoms with E-state index >= 15 is 0 Å². The smallest absolute Gasteiger partial charge is 0.123 e. The monoisotopic (exact) mass is 267 g/mol. The third-order valence-corrected chi connectivity index (χ3v) is 3.88. The minimum absolute atomic E-state index is 0.638. The Hall–Kier alpha value is -1.80. The van der Waals surface area contributed by atoms with Crippen molar-refractivity contribution in [2.24, 2.45) is 0 Å². The van der Waals surface area contributed by atoms with E-state index in [1.54, 1.807) is 0 Å². The molecular weight excluding hydrogens is 246 g/mol. The average molecular weight is 267 g/mol. The fraction of sp³-hybridized carbons (Fsp3) is 0.333. The largest absolute Gasteiger partial charge is 0.489 e. The lowest BCUT2D eigenvalue weighted by atomic mass is 10.00. The summed E-state index contributed by atoms with van der Waals surface area (Å²) in [5.41, 5.74) is 5.35. The molecule has 1 aliphatic rings. The molecule has 1 aliphatic heterocycles. The Morgan fingerprint density at radius 1 is 1.00 bits per heavy atom. The molecular formula is C18H21NO. The van der Waals surface area contributed by atoms with Gasteiger partial charge in [-0.25, -0.2) is 0 Å². The second-order valence-corrected chi connectivity index (χ2v) is 5.41. The first-order valence-corrected chi connectivity index (χ1v) is 7.33. The second kappa shape index (κ2) is 6.10. The Balaban J connectivity index is 1.78. The Morgan fingerprint density at radius 2 is 1.70 bits per heavy atom. The molecule has 2 aromatic carbocycles. The van der Waals surface area contributed by atoms with Gasteiger partial charge in [0.15, 0.2) is 0 Å². The van der Waals surface area contributed by atoms with E-state index in [0.29, 0.717) is 6.61 Å². The van der Waals surface area contributed by atoms with Gasteiger partial charge in [-0.1, -0.05) is 36.4 Å². The minimum atomic E-state index is 0.638. The predicted octanol–water partition coefficient (Wildman–Crippen LogP) is 3.26. The Labute approximate surface area is 120 Å². The number of benzene rings is 2. The van der Waals surface area contributed by atoms with Crippen LogP contribution in [0.25, 0.3) is 0 Å². The van der Waals surface area contributed by atoms with Crippen molar-refractivity contribution in [1.29, 1.82) is 0 Å². The van der Waals surface area contributed by atoms with Crippen LogP contribution in [0.3, 0.4) is 0 Å². The quantitative estimate of drug-likeness (QED) is 0.921. The lowest BCUT2D eigenvalue weighted by Crippen LogP contribution is -2.16. The molecule has 3 rings (SSSR count). The zero-order chi connectivity index (χ0) is 13.8. The number of hydrogen-bond acceptors (Lipinski definition) is 2. The van der Waals surface area contributed by atoms with Crippen LogP contribution in [-0.2, 0) is 19.4 Å². The molecule has 2 heteroatoms. The van der Waals surface area contributed by atoms with Gasteiger partial charge in [-0.15, -0.1) is 0 Å². The van der Waals surface area contributed by atoms with Crippen molar-refractivity contribution in [3.63, 3.8) is 0 Å². The molecule has 2 nitrogen and oxygen atoms in total. The molecule has 0 bridgehead atoms. The fourth-order valence-corrected chi connectivity index (χ4v) is 2.72. The molecule has 104 valence electrons. The molecule has 0 fully saturated rings. The van der Waals surface area contributed by atoms with Crippen LogP contribution in [0.15, 0.2) is 42.5 Å². The number of aryl methyl sites for hydroxylation is 1. The second-order valence-electron chi connectivity index (χ2n) is 5.41. The maximum absolute atomic E-state index is 6.01. The molecule has 0 aromatic heterocycles. The molecule has 2 aromatic rings. The summed E-state index contributed by atoms with van der Waals surface area (Å²) in [5, 5.41) is 3.45. The predicted molar refractivity (Wildman–Crippen MR) is 82.2 cm³/mol. The summed E-state index contributed by atoms with van der Waals surface area (Å²) in [5.74, 6) is 1.02. The van der Waals surface area contributed by atoms with Gasteiger partial charge in [-0.2, -0.15) is 0 Å². The highest BCUT2D eigenvalue weighted by atomic mass is 16.5. The summed E-state index contributed by atoms with van der Waals surface area (Å²) in [6, 6.07) is 14.9. The van der Waals surface area contributed by atoms with Crippen molar-refractivity contribution >= 4 is 0 Å². The molecule has 1 N–H and O–H groups in total. The molecule has 20 heavy (non-hydrogen) atoms. The van der Waals surface area contributed by atoms with Crippen LogP contribution in [0, 0.1) is 6.92 Å². The summed E-state index contributed by atoms with van der Waals surface area (Å²) in [6.07, 6.45) is 2.21. The van der Waals surface area contributed by atoms with Gasteiger partial charge in [-0.3, -0.25) is 0 Å². The molecule has 0 aliphatic carbocycles. The van der Waals surface area contributed by atoms with Crippen LogP contribution >= 0.6 is 0 Å². The summed E-state index contributed by atoms with van der Waals surface area (Å²) in [7, 11) is 0. The van der Waals surface area contributed by atoms with Crippen LogP contribution in [0.1, 0.15) is 22.3 Å². The summed E-state index contributed by atoms with van der Waals surface area (Å²) >= 11 is 0. The van der Waals surface area contributed by atoms with Gasteiger partial charge >= 0.3 is 0 Å². The van der Waals surface area contributed by atoms with E-state index in [2.05, 4.69) is 36.5 Å². The van der Waals surface area contributed by atoms with E-state index in [-0.39, 0.29) is 0 Å². The van der Waals surface area contributed by atoms with Crippen molar-refractivity contribution < 1.29 is 4.74 Å². The molecule has 0 atom stereocenters. The van der Waals surface area contributed by atoms with Gasteiger partial charge in [0.1, 0.15) is 12.4 Å². The molecule has 0 spiro atoms. The van der Waals surface area contributed by atoms with Crippen LogP contribution in [0.5, 0.6) is 5.75 Å². The maximum Gasteiger partial charge on any atom is 0.123 e. The molecule has 0 radical (unpaired) electrons. The van der Waals surface area contributed by atoms with E-state index in [1.165, 1.54) is 22.3 Å². The Bertz CT molecular complexity index is 577. The Morgan fingerprint density at radius 3 is 2.45 bits per heavy atom. The first kappa shape index (κ1) is 13.2. The van der Waals surface area contributed by atoms with E-state index in [1.807, 2.05) is 18.2 Å². The fourth-order valence-electron chi connectivity index (χ4n) is 2.72. The topological polar surface area (TPSA) is 21.3 Å². The van der Waals surface area contributed by atoms with Crippen molar-refractivity contribution in [3.8, 4) is 5.75 Å². The molecule has 1 heterocycles. The average Bonchev–Trinajstić information content (AvgIpc) is 2.70. The summed E-state index contributed by atoms with van der Waals surface area (Å²) in [6.45, 7) is 4.92. The SMILES string of the molecule is Cc1cc2c(cc1OCc1ccccc1)CCNCC2. The van der Waals surface area contributed by atoms with Gasteiger partial charge in [0.25, 0.3) is 0 Å². The van der Waals surface area contributed by atoms with Crippen molar-refractivity contribution in [1.82, 2.24) is 5.32 Å². The van der Waals surface area contributed by atoms with E-state index in [4.69, 9.17) is 4.74 Å². The number of rotatable bonds is 3. The van der Waals surface area contributed by atoms with E-state index in [9.17, 15) is 0 Å². The Kier molecular flexibility index (Phi) is 4.03. The van der Waals surface area contributed by atoms with Crippen LogP contribution in [0.4, 0.5) is 0 Å². The summed E-state index contributed by atoms with van der Waals surface area (Å²) < 4.78 is 6.01. The molecule has 0 saturated carbocycles. The molecule has 0 saturated heterocycles. The summed E-state index contributed by atoms with van der Waals surface area (Å²) in [4.78, 5) is 0. The molecule has 0 amide bonds. The van der Waals surface area contributed by atoms with Crippen LogP contribution in [-0.4, -0.2) is 13.1 Å². The highest BCUT2D eigenvalue weighted by Crippen LogP contribution is 2.25. The normalized spacial score (nSPS) is 14.4. The lowest BCUT2D eigenvalue weighted by molar-refractivity contribution is 0.303.